The van der Waals surface area contributed by atoms with Crippen molar-refractivity contribution in [1.82, 2.24) is 4.31 Å². The zero-order valence-electron chi connectivity index (χ0n) is 8.58. The third kappa shape index (κ3) is 2.35. The third-order valence-corrected chi connectivity index (χ3v) is 4.09. The van der Waals surface area contributed by atoms with Gasteiger partial charge in [-0.25, -0.2) is 8.42 Å². The third-order valence-electron chi connectivity index (χ3n) is 2.15. The number of hydrogen-bond acceptors (Lipinski definition) is 3. The molecule has 4 nitrogen and oxygen atoms in total. The topological polar surface area (TPSA) is 61.2 Å². The summed E-state index contributed by atoms with van der Waals surface area (Å²) >= 11 is 0. The van der Waals surface area contributed by atoms with E-state index in [0.29, 0.717) is 0 Å². The van der Waals surface area contributed by atoms with Gasteiger partial charge in [-0.2, -0.15) is 9.57 Å². The summed E-state index contributed by atoms with van der Waals surface area (Å²) in [6.45, 7) is 1.54. The van der Waals surface area contributed by atoms with Crippen LogP contribution in [0.4, 0.5) is 0 Å². The second-order valence-corrected chi connectivity index (χ2v) is 5.14. The molecular formula is C10H12N2O2S. The fourth-order valence-corrected chi connectivity index (χ4v) is 2.35. The highest BCUT2D eigenvalue weighted by Crippen LogP contribution is 2.15. The number of nitrogens with zero attached hydrogens (tertiary/aromatic N) is 2. The summed E-state index contributed by atoms with van der Waals surface area (Å²) in [5.74, 6) is 0. The van der Waals surface area contributed by atoms with Gasteiger partial charge >= 0.3 is 0 Å². The summed E-state index contributed by atoms with van der Waals surface area (Å²) in [7, 11) is -2.14. The second kappa shape index (κ2) is 4.43. The summed E-state index contributed by atoms with van der Waals surface area (Å²) < 4.78 is 24.9. The first kappa shape index (κ1) is 11.7. The average molecular weight is 224 g/mol. The molecule has 0 saturated carbocycles. The summed E-state index contributed by atoms with van der Waals surface area (Å²) in [5.41, 5.74) is 0. The molecule has 0 radical (unpaired) electrons. The van der Waals surface area contributed by atoms with Crippen molar-refractivity contribution >= 4 is 10.0 Å². The van der Waals surface area contributed by atoms with E-state index in [-0.39, 0.29) is 4.90 Å². The molecule has 0 aliphatic heterocycles. The first-order valence-electron chi connectivity index (χ1n) is 4.43. The molecule has 0 bridgehead atoms. The molecule has 0 spiro atoms. The van der Waals surface area contributed by atoms with Gasteiger partial charge in [-0.1, -0.05) is 18.2 Å². The lowest BCUT2D eigenvalue weighted by Gasteiger charge is -2.18. The van der Waals surface area contributed by atoms with Crippen molar-refractivity contribution in [1.29, 1.82) is 5.26 Å². The van der Waals surface area contributed by atoms with Crippen molar-refractivity contribution in [3.05, 3.63) is 30.3 Å². The molecule has 0 amide bonds. The fraction of sp³-hybridized carbons (Fsp3) is 0.300. The molecule has 80 valence electrons. The van der Waals surface area contributed by atoms with Crippen molar-refractivity contribution in [2.45, 2.75) is 17.9 Å². The van der Waals surface area contributed by atoms with Gasteiger partial charge in [0.2, 0.25) is 10.0 Å². The average Bonchev–Trinajstić information content (AvgIpc) is 2.28. The molecule has 0 heterocycles. The Balaban J connectivity index is 3.11. The van der Waals surface area contributed by atoms with Crippen LogP contribution in [-0.2, 0) is 10.0 Å². The summed E-state index contributed by atoms with van der Waals surface area (Å²) in [5, 5.41) is 8.66. The predicted octanol–water partition coefficient (Wildman–Crippen LogP) is 1.22. The normalized spacial score (nSPS) is 13.5. The maximum absolute atomic E-state index is 11.9. The molecule has 0 aliphatic carbocycles. The van der Waals surface area contributed by atoms with E-state index in [1.54, 1.807) is 25.1 Å². The highest BCUT2D eigenvalue weighted by Gasteiger charge is 2.24. The van der Waals surface area contributed by atoms with Gasteiger partial charge in [0.05, 0.1) is 11.0 Å². The molecular weight excluding hydrogens is 212 g/mol. The molecule has 1 atom stereocenters. The molecule has 1 aromatic carbocycles. The molecule has 0 aliphatic rings. The van der Waals surface area contributed by atoms with Crippen LogP contribution in [0.25, 0.3) is 0 Å². The maximum atomic E-state index is 11.9. The Bertz CT molecular complexity index is 462. The molecule has 1 unspecified atom stereocenters. The Morgan fingerprint density at radius 1 is 1.33 bits per heavy atom. The van der Waals surface area contributed by atoms with E-state index >= 15 is 0 Å². The van der Waals surface area contributed by atoms with Crippen LogP contribution in [0.5, 0.6) is 0 Å². The minimum Gasteiger partial charge on any atom is -0.207 e. The van der Waals surface area contributed by atoms with Crippen molar-refractivity contribution < 1.29 is 8.42 Å². The molecule has 0 saturated heterocycles. The number of sulfonamides is 1. The number of nitriles is 1. The Morgan fingerprint density at radius 2 is 1.87 bits per heavy atom. The van der Waals surface area contributed by atoms with Crippen LogP contribution in [0.1, 0.15) is 6.92 Å². The van der Waals surface area contributed by atoms with Gasteiger partial charge in [-0.05, 0) is 19.1 Å². The highest BCUT2D eigenvalue weighted by atomic mass is 32.2. The minimum atomic E-state index is -3.54. The van der Waals surface area contributed by atoms with Crippen molar-refractivity contribution in [3.63, 3.8) is 0 Å². The van der Waals surface area contributed by atoms with Gasteiger partial charge < -0.3 is 0 Å². The summed E-state index contributed by atoms with van der Waals surface area (Å²) in [6, 6.07) is 9.28. The predicted molar refractivity (Wildman–Crippen MR) is 56.5 cm³/mol. The Hall–Kier alpha value is -1.38. The lowest BCUT2D eigenvalue weighted by molar-refractivity contribution is 0.442. The van der Waals surface area contributed by atoms with Crippen LogP contribution in [0, 0.1) is 11.3 Å². The summed E-state index contributed by atoms with van der Waals surface area (Å²) in [4.78, 5) is 0.203. The first-order valence-corrected chi connectivity index (χ1v) is 5.87. The van der Waals surface area contributed by atoms with Gasteiger partial charge in [0, 0.05) is 7.05 Å². The van der Waals surface area contributed by atoms with E-state index in [4.69, 9.17) is 5.26 Å². The van der Waals surface area contributed by atoms with Gasteiger partial charge in [0.25, 0.3) is 0 Å². The monoisotopic (exact) mass is 224 g/mol. The largest absolute Gasteiger partial charge is 0.243 e. The fourth-order valence-electron chi connectivity index (χ4n) is 1.05. The zero-order chi connectivity index (χ0) is 11.5. The lowest BCUT2D eigenvalue weighted by atomic mass is 10.4. The Labute approximate surface area is 89.8 Å². The smallest absolute Gasteiger partial charge is 0.207 e. The van der Waals surface area contributed by atoms with E-state index in [2.05, 4.69) is 0 Å². The van der Waals surface area contributed by atoms with E-state index in [1.165, 1.54) is 19.2 Å². The number of hydrogen-bond donors (Lipinski definition) is 0. The molecule has 5 heteroatoms. The Morgan fingerprint density at radius 3 is 2.33 bits per heavy atom. The first-order chi connectivity index (χ1) is 7.00. The van der Waals surface area contributed by atoms with Crippen LogP contribution < -0.4 is 0 Å². The SMILES string of the molecule is CC(C#N)N(C)S(=O)(=O)c1ccccc1. The van der Waals surface area contributed by atoms with Gasteiger partial charge in [-0.15, -0.1) is 0 Å². The Kier molecular flexibility index (Phi) is 3.45. The van der Waals surface area contributed by atoms with Crippen LogP contribution in [-0.4, -0.2) is 25.8 Å². The molecule has 0 fully saturated rings. The zero-order valence-corrected chi connectivity index (χ0v) is 9.40. The molecule has 1 aromatic rings. The van der Waals surface area contributed by atoms with Crippen molar-refractivity contribution in [3.8, 4) is 6.07 Å². The van der Waals surface area contributed by atoms with Crippen molar-refractivity contribution in [2.75, 3.05) is 7.05 Å². The molecule has 0 aromatic heterocycles. The van der Waals surface area contributed by atoms with Crippen LogP contribution >= 0.6 is 0 Å². The van der Waals surface area contributed by atoms with Gasteiger partial charge in [-0.3, -0.25) is 0 Å². The van der Waals surface area contributed by atoms with Crippen LogP contribution in [0.3, 0.4) is 0 Å². The van der Waals surface area contributed by atoms with E-state index in [0.717, 1.165) is 4.31 Å². The molecule has 0 N–H and O–H groups in total. The van der Waals surface area contributed by atoms with Crippen LogP contribution in [0.2, 0.25) is 0 Å². The standard InChI is InChI=1S/C10H12N2O2S/c1-9(8-11)12(2)15(13,14)10-6-4-3-5-7-10/h3-7,9H,1-2H3. The van der Waals surface area contributed by atoms with E-state index in [1.807, 2.05) is 6.07 Å². The number of rotatable bonds is 3. The highest BCUT2D eigenvalue weighted by molar-refractivity contribution is 7.89. The molecule has 1 rings (SSSR count). The minimum absolute atomic E-state index is 0.203. The van der Waals surface area contributed by atoms with E-state index < -0.39 is 16.1 Å². The van der Waals surface area contributed by atoms with E-state index in [9.17, 15) is 8.42 Å². The van der Waals surface area contributed by atoms with Gasteiger partial charge in [0.15, 0.2) is 0 Å². The van der Waals surface area contributed by atoms with Crippen molar-refractivity contribution in [2.24, 2.45) is 0 Å². The quantitative estimate of drug-likeness (QED) is 0.775. The molecule has 15 heavy (non-hydrogen) atoms. The second-order valence-electron chi connectivity index (χ2n) is 3.14. The summed E-state index contributed by atoms with van der Waals surface area (Å²) in [6.07, 6.45) is 0. The van der Waals surface area contributed by atoms with Crippen LogP contribution in [0.15, 0.2) is 35.2 Å². The number of benzene rings is 1. The maximum Gasteiger partial charge on any atom is 0.243 e. The van der Waals surface area contributed by atoms with Gasteiger partial charge in [0.1, 0.15) is 6.04 Å². The lowest BCUT2D eigenvalue weighted by Crippen LogP contribution is -2.34.